The fourth-order valence-corrected chi connectivity index (χ4v) is 2.66. The molecule has 0 spiro atoms. The van der Waals surface area contributed by atoms with E-state index in [4.69, 9.17) is 0 Å². The maximum absolute atomic E-state index is 4.35. The lowest BCUT2D eigenvalue weighted by Crippen LogP contribution is -2.00. The molecule has 3 aromatic heterocycles. The number of hydrogen-bond acceptors (Lipinski definition) is 5. The van der Waals surface area contributed by atoms with Crippen LogP contribution in [0.2, 0.25) is 0 Å². The summed E-state index contributed by atoms with van der Waals surface area (Å²) in [6, 6.07) is 0. The van der Waals surface area contributed by atoms with Gasteiger partial charge in [-0.15, -0.1) is 22.7 Å². The van der Waals surface area contributed by atoms with E-state index in [1.165, 1.54) is 0 Å². The summed E-state index contributed by atoms with van der Waals surface area (Å²) in [7, 11) is 0. The van der Waals surface area contributed by atoms with Crippen LogP contribution in [0.1, 0.15) is 5.69 Å². The number of hydrogen-bond donors (Lipinski definition) is 0. The van der Waals surface area contributed by atoms with Crippen molar-refractivity contribution in [2.75, 3.05) is 0 Å². The monoisotopic (exact) mass is 248 g/mol. The molecule has 0 saturated carbocycles. The van der Waals surface area contributed by atoms with E-state index >= 15 is 0 Å². The van der Waals surface area contributed by atoms with Crippen LogP contribution in [0.3, 0.4) is 0 Å². The molecule has 4 nitrogen and oxygen atoms in total. The number of imidazole rings is 1. The number of nitrogens with zero attached hydrogens (tertiary/aromatic N) is 4. The van der Waals surface area contributed by atoms with Crippen LogP contribution in [0.5, 0.6) is 0 Å². The standard InChI is InChI=1S/C10H8N4S2/c1-2-14(4-8-5-15-7-13-8)10(12-1)9-3-11-6-16-9/h1-3,5-7H,4H2. The normalized spacial score (nSPS) is 10.8. The van der Waals surface area contributed by atoms with Gasteiger partial charge in [0, 0.05) is 24.0 Å². The third-order valence-electron chi connectivity index (χ3n) is 2.18. The van der Waals surface area contributed by atoms with E-state index < -0.39 is 0 Å². The minimum atomic E-state index is 0.761. The highest BCUT2D eigenvalue weighted by Gasteiger charge is 2.08. The molecule has 0 N–H and O–H groups in total. The Bertz CT molecular complexity index is 553. The molecule has 3 aromatic rings. The Kier molecular flexibility index (Phi) is 2.51. The van der Waals surface area contributed by atoms with Gasteiger partial charge < -0.3 is 4.57 Å². The molecule has 0 unspecified atom stereocenters. The molecule has 0 bridgehead atoms. The zero-order valence-electron chi connectivity index (χ0n) is 8.28. The Hall–Kier alpha value is -1.53. The summed E-state index contributed by atoms with van der Waals surface area (Å²) in [5, 5.41) is 2.05. The fourth-order valence-electron chi connectivity index (χ4n) is 1.48. The largest absolute Gasteiger partial charge is 0.324 e. The lowest BCUT2D eigenvalue weighted by atomic mass is 10.4. The second-order valence-electron chi connectivity index (χ2n) is 3.22. The van der Waals surface area contributed by atoms with Crippen molar-refractivity contribution in [3.63, 3.8) is 0 Å². The highest BCUT2D eigenvalue weighted by Crippen LogP contribution is 2.21. The lowest BCUT2D eigenvalue weighted by molar-refractivity contribution is 0.789. The molecule has 0 aliphatic heterocycles. The van der Waals surface area contributed by atoms with Gasteiger partial charge in [-0.25, -0.2) is 9.97 Å². The summed E-state index contributed by atoms with van der Waals surface area (Å²) >= 11 is 3.21. The summed E-state index contributed by atoms with van der Waals surface area (Å²) in [4.78, 5) is 13.8. The highest BCUT2D eigenvalue weighted by molar-refractivity contribution is 7.13. The Morgan fingerprint density at radius 3 is 3.00 bits per heavy atom. The van der Waals surface area contributed by atoms with Crippen molar-refractivity contribution in [1.82, 2.24) is 19.5 Å². The molecule has 0 aliphatic carbocycles. The van der Waals surface area contributed by atoms with Gasteiger partial charge in [0.05, 0.1) is 28.1 Å². The average Bonchev–Trinajstić information content (AvgIpc) is 2.98. The fraction of sp³-hybridized carbons (Fsp3) is 0.100. The zero-order valence-corrected chi connectivity index (χ0v) is 9.91. The molecular weight excluding hydrogens is 240 g/mol. The zero-order chi connectivity index (χ0) is 10.8. The number of rotatable bonds is 3. The van der Waals surface area contributed by atoms with Crippen LogP contribution in [0.25, 0.3) is 10.7 Å². The Balaban J connectivity index is 1.94. The summed E-state index contributed by atoms with van der Waals surface area (Å²) in [5.41, 5.74) is 4.73. The Labute approximate surface area is 100 Å². The van der Waals surface area contributed by atoms with Crippen LogP contribution in [-0.4, -0.2) is 19.5 Å². The predicted molar refractivity (Wildman–Crippen MR) is 64.6 cm³/mol. The predicted octanol–water partition coefficient (Wildman–Crippen LogP) is 2.51. The molecular formula is C10H8N4S2. The lowest BCUT2D eigenvalue weighted by Gasteiger charge is -2.03. The number of aromatic nitrogens is 4. The van der Waals surface area contributed by atoms with E-state index in [0.717, 1.165) is 22.9 Å². The van der Waals surface area contributed by atoms with Gasteiger partial charge in [-0.05, 0) is 0 Å². The van der Waals surface area contributed by atoms with Crippen LogP contribution < -0.4 is 0 Å². The quantitative estimate of drug-likeness (QED) is 0.715. The van der Waals surface area contributed by atoms with Gasteiger partial charge in [-0.1, -0.05) is 0 Å². The van der Waals surface area contributed by atoms with Crippen molar-refractivity contribution in [2.24, 2.45) is 0 Å². The molecule has 0 atom stereocenters. The van der Waals surface area contributed by atoms with Crippen LogP contribution in [0.15, 0.2) is 35.0 Å². The van der Waals surface area contributed by atoms with Gasteiger partial charge in [-0.2, -0.15) is 0 Å². The molecule has 0 aliphatic rings. The van der Waals surface area contributed by atoms with Gasteiger partial charge in [0.15, 0.2) is 5.82 Å². The summed E-state index contributed by atoms with van der Waals surface area (Å²) in [6.45, 7) is 0.761. The Morgan fingerprint density at radius 1 is 1.25 bits per heavy atom. The average molecular weight is 248 g/mol. The second kappa shape index (κ2) is 4.15. The molecule has 0 amide bonds. The van der Waals surface area contributed by atoms with Gasteiger partial charge in [-0.3, -0.25) is 4.98 Å². The van der Waals surface area contributed by atoms with E-state index in [-0.39, 0.29) is 0 Å². The maximum atomic E-state index is 4.35. The van der Waals surface area contributed by atoms with Crippen molar-refractivity contribution >= 4 is 22.7 Å². The molecule has 80 valence electrons. The minimum Gasteiger partial charge on any atom is -0.324 e. The van der Waals surface area contributed by atoms with Gasteiger partial charge in [0.2, 0.25) is 0 Å². The van der Waals surface area contributed by atoms with Crippen LogP contribution in [0.4, 0.5) is 0 Å². The first kappa shape index (κ1) is 9.68. The van der Waals surface area contributed by atoms with Crippen LogP contribution in [-0.2, 0) is 6.54 Å². The van der Waals surface area contributed by atoms with E-state index in [0.29, 0.717) is 0 Å². The number of thiazole rings is 2. The topological polar surface area (TPSA) is 43.6 Å². The molecule has 0 radical (unpaired) electrons. The minimum absolute atomic E-state index is 0.761. The highest BCUT2D eigenvalue weighted by atomic mass is 32.1. The molecule has 3 rings (SSSR count). The van der Waals surface area contributed by atoms with Crippen molar-refractivity contribution < 1.29 is 0 Å². The van der Waals surface area contributed by atoms with Gasteiger partial charge in [0.1, 0.15) is 0 Å². The maximum Gasteiger partial charge on any atom is 0.152 e. The van der Waals surface area contributed by atoms with Crippen molar-refractivity contribution in [2.45, 2.75) is 6.54 Å². The van der Waals surface area contributed by atoms with E-state index in [9.17, 15) is 0 Å². The van der Waals surface area contributed by atoms with E-state index in [1.54, 1.807) is 28.9 Å². The molecule has 0 fully saturated rings. The smallest absolute Gasteiger partial charge is 0.152 e. The van der Waals surface area contributed by atoms with Crippen molar-refractivity contribution in [1.29, 1.82) is 0 Å². The van der Waals surface area contributed by atoms with Crippen LogP contribution in [0, 0.1) is 0 Å². The summed E-state index contributed by atoms with van der Waals surface area (Å²) in [5.74, 6) is 0.954. The molecule has 0 saturated heterocycles. The van der Waals surface area contributed by atoms with Gasteiger partial charge in [0.25, 0.3) is 0 Å². The summed E-state index contributed by atoms with van der Waals surface area (Å²) in [6.07, 6.45) is 5.61. The molecule has 16 heavy (non-hydrogen) atoms. The van der Waals surface area contributed by atoms with Crippen LogP contribution >= 0.6 is 22.7 Å². The first-order chi connectivity index (χ1) is 7.93. The first-order valence-corrected chi connectivity index (χ1v) is 6.53. The molecule has 6 heteroatoms. The van der Waals surface area contributed by atoms with Crippen molar-refractivity contribution in [3.05, 3.63) is 40.7 Å². The van der Waals surface area contributed by atoms with Crippen molar-refractivity contribution in [3.8, 4) is 10.7 Å². The SMILES string of the molecule is c1cn(Cc2cscn2)c(-c2cncs2)n1. The Morgan fingerprint density at radius 2 is 2.25 bits per heavy atom. The van der Waals surface area contributed by atoms with Gasteiger partial charge >= 0.3 is 0 Å². The first-order valence-electron chi connectivity index (χ1n) is 4.70. The molecule has 3 heterocycles. The summed E-state index contributed by atoms with van der Waals surface area (Å²) < 4.78 is 2.09. The van der Waals surface area contributed by atoms with E-state index in [2.05, 4.69) is 24.9 Å². The molecule has 0 aromatic carbocycles. The van der Waals surface area contributed by atoms with E-state index in [1.807, 2.05) is 23.4 Å². The second-order valence-corrected chi connectivity index (χ2v) is 4.83. The third-order valence-corrected chi connectivity index (χ3v) is 3.59. The third kappa shape index (κ3) is 1.77.